The molecule has 0 N–H and O–H groups in total. The minimum Gasteiger partial charge on any atom is -0.467 e. The molecule has 14 heavy (non-hydrogen) atoms. The van der Waals surface area contributed by atoms with E-state index in [0.29, 0.717) is 19.1 Å². The summed E-state index contributed by atoms with van der Waals surface area (Å²) in [5.41, 5.74) is -0.853. The highest BCUT2D eigenvalue weighted by Crippen LogP contribution is 2.32. The van der Waals surface area contributed by atoms with Crippen LogP contribution in [0.4, 0.5) is 0 Å². The summed E-state index contributed by atoms with van der Waals surface area (Å²) in [6.07, 6.45) is 5.01. The maximum Gasteiger partial charge on any atom is 0.338 e. The van der Waals surface area contributed by atoms with Crippen molar-refractivity contribution >= 4 is 12.3 Å². The van der Waals surface area contributed by atoms with Crippen LogP contribution in [0.5, 0.6) is 0 Å². The molecule has 0 aromatic rings. The number of hydrogen-bond acceptors (Lipinski definition) is 4. The summed E-state index contributed by atoms with van der Waals surface area (Å²) >= 11 is 0. The summed E-state index contributed by atoms with van der Waals surface area (Å²) in [5, 5.41) is 0. The van der Waals surface area contributed by atoms with Gasteiger partial charge in [-0.1, -0.05) is 6.42 Å². The lowest BCUT2D eigenvalue weighted by atomic mass is 9.84. The van der Waals surface area contributed by atoms with E-state index in [9.17, 15) is 9.59 Å². The van der Waals surface area contributed by atoms with Gasteiger partial charge in [0.1, 0.15) is 12.9 Å². The first-order valence-electron chi connectivity index (χ1n) is 4.91. The SMILES string of the molecule is COC(=O)C1(OCC=O)CCCCC1. The number of ether oxygens (including phenoxy) is 2. The number of rotatable bonds is 4. The van der Waals surface area contributed by atoms with Crippen LogP contribution in [-0.2, 0) is 19.1 Å². The first-order valence-corrected chi connectivity index (χ1v) is 4.91. The fraction of sp³-hybridized carbons (Fsp3) is 0.800. The van der Waals surface area contributed by atoms with E-state index < -0.39 is 5.60 Å². The van der Waals surface area contributed by atoms with Gasteiger partial charge in [0.05, 0.1) is 7.11 Å². The molecular weight excluding hydrogens is 184 g/mol. The second-order valence-corrected chi connectivity index (χ2v) is 3.52. The smallest absolute Gasteiger partial charge is 0.338 e. The van der Waals surface area contributed by atoms with E-state index in [2.05, 4.69) is 0 Å². The van der Waals surface area contributed by atoms with Crippen LogP contribution >= 0.6 is 0 Å². The number of methoxy groups -OCH3 is 1. The molecule has 0 radical (unpaired) electrons. The highest BCUT2D eigenvalue weighted by Gasteiger charge is 2.41. The Morgan fingerprint density at radius 1 is 1.36 bits per heavy atom. The van der Waals surface area contributed by atoms with E-state index in [1.165, 1.54) is 7.11 Å². The topological polar surface area (TPSA) is 52.6 Å². The lowest BCUT2D eigenvalue weighted by Gasteiger charge is -2.33. The largest absolute Gasteiger partial charge is 0.467 e. The quantitative estimate of drug-likeness (QED) is 0.503. The molecule has 1 saturated carbocycles. The highest BCUT2D eigenvalue weighted by atomic mass is 16.6. The molecule has 0 aromatic carbocycles. The predicted octanol–water partition coefficient (Wildman–Crippen LogP) is 1.08. The molecule has 0 aromatic heterocycles. The van der Waals surface area contributed by atoms with Crippen LogP contribution in [0.2, 0.25) is 0 Å². The number of carbonyl (C=O) groups excluding carboxylic acids is 2. The number of carbonyl (C=O) groups is 2. The molecule has 0 amide bonds. The van der Waals surface area contributed by atoms with Crippen molar-refractivity contribution in [1.29, 1.82) is 0 Å². The molecule has 1 fully saturated rings. The molecule has 0 unspecified atom stereocenters. The monoisotopic (exact) mass is 200 g/mol. The normalized spacial score (nSPS) is 20.1. The molecular formula is C10H16O4. The number of esters is 1. The van der Waals surface area contributed by atoms with Crippen LogP contribution in [0.1, 0.15) is 32.1 Å². The summed E-state index contributed by atoms with van der Waals surface area (Å²) < 4.78 is 10.0. The lowest BCUT2D eigenvalue weighted by Crippen LogP contribution is -2.44. The highest BCUT2D eigenvalue weighted by molar-refractivity contribution is 5.79. The number of hydrogen-bond donors (Lipinski definition) is 0. The standard InChI is InChI=1S/C10H16O4/c1-13-9(12)10(14-8-7-11)5-3-2-4-6-10/h7H,2-6,8H2,1H3. The summed E-state index contributed by atoms with van der Waals surface area (Å²) in [5.74, 6) is -0.348. The summed E-state index contributed by atoms with van der Waals surface area (Å²) in [4.78, 5) is 21.8. The third-order valence-corrected chi connectivity index (χ3v) is 2.65. The summed E-state index contributed by atoms with van der Waals surface area (Å²) in [7, 11) is 1.35. The molecule has 4 heteroatoms. The van der Waals surface area contributed by atoms with Crippen molar-refractivity contribution in [3.63, 3.8) is 0 Å². The van der Waals surface area contributed by atoms with Gasteiger partial charge in [-0.25, -0.2) is 4.79 Å². The molecule has 0 atom stereocenters. The van der Waals surface area contributed by atoms with Crippen molar-refractivity contribution in [2.75, 3.05) is 13.7 Å². The van der Waals surface area contributed by atoms with Gasteiger partial charge in [-0.15, -0.1) is 0 Å². The first kappa shape index (κ1) is 11.2. The van der Waals surface area contributed by atoms with Gasteiger partial charge in [-0.2, -0.15) is 0 Å². The van der Waals surface area contributed by atoms with Crippen molar-refractivity contribution in [1.82, 2.24) is 0 Å². The zero-order valence-electron chi connectivity index (χ0n) is 8.45. The fourth-order valence-electron chi connectivity index (χ4n) is 1.91. The Morgan fingerprint density at radius 3 is 2.50 bits per heavy atom. The van der Waals surface area contributed by atoms with Crippen LogP contribution in [-0.4, -0.2) is 31.6 Å². The van der Waals surface area contributed by atoms with Gasteiger partial charge >= 0.3 is 5.97 Å². The molecule has 80 valence electrons. The van der Waals surface area contributed by atoms with Gasteiger partial charge in [-0.05, 0) is 25.7 Å². The van der Waals surface area contributed by atoms with E-state index in [-0.39, 0.29) is 12.6 Å². The van der Waals surface area contributed by atoms with Crippen molar-refractivity contribution in [2.24, 2.45) is 0 Å². The zero-order valence-corrected chi connectivity index (χ0v) is 8.45. The Hall–Kier alpha value is -0.900. The third kappa shape index (κ3) is 2.32. The molecule has 0 spiro atoms. The van der Waals surface area contributed by atoms with Crippen LogP contribution in [0.3, 0.4) is 0 Å². The molecule has 4 nitrogen and oxygen atoms in total. The molecule has 0 saturated heterocycles. The van der Waals surface area contributed by atoms with Crippen LogP contribution in [0.25, 0.3) is 0 Å². The van der Waals surface area contributed by atoms with Crippen molar-refractivity contribution in [3.05, 3.63) is 0 Å². The fourth-order valence-corrected chi connectivity index (χ4v) is 1.91. The van der Waals surface area contributed by atoms with Crippen molar-refractivity contribution in [2.45, 2.75) is 37.7 Å². The van der Waals surface area contributed by atoms with E-state index in [1.54, 1.807) is 0 Å². The van der Waals surface area contributed by atoms with E-state index in [1.807, 2.05) is 0 Å². The Labute approximate surface area is 83.6 Å². The average Bonchev–Trinajstić information content (AvgIpc) is 2.26. The van der Waals surface area contributed by atoms with Crippen LogP contribution < -0.4 is 0 Å². The molecule has 1 aliphatic carbocycles. The maximum atomic E-state index is 11.5. The molecule has 1 aliphatic rings. The van der Waals surface area contributed by atoms with Gasteiger partial charge in [0, 0.05) is 0 Å². The Bertz CT molecular complexity index is 206. The predicted molar refractivity (Wildman–Crippen MR) is 49.8 cm³/mol. The van der Waals surface area contributed by atoms with E-state index in [0.717, 1.165) is 19.3 Å². The maximum absolute atomic E-state index is 11.5. The third-order valence-electron chi connectivity index (χ3n) is 2.65. The Morgan fingerprint density at radius 2 is 2.00 bits per heavy atom. The van der Waals surface area contributed by atoms with Crippen molar-refractivity contribution < 1.29 is 19.1 Å². The Balaban J connectivity index is 2.66. The van der Waals surface area contributed by atoms with Gasteiger partial charge < -0.3 is 14.3 Å². The van der Waals surface area contributed by atoms with Gasteiger partial charge in [-0.3, -0.25) is 0 Å². The second kappa shape index (κ2) is 5.10. The van der Waals surface area contributed by atoms with Gasteiger partial charge in [0.25, 0.3) is 0 Å². The van der Waals surface area contributed by atoms with Gasteiger partial charge in [0.2, 0.25) is 0 Å². The van der Waals surface area contributed by atoms with E-state index in [4.69, 9.17) is 9.47 Å². The average molecular weight is 200 g/mol. The van der Waals surface area contributed by atoms with Crippen LogP contribution in [0.15, 0.2) is 0 Å². The minimum atomic E-state index is -0.853. The van der Waals surface area contributed by atoms with E-state index >= 15 is 0 Å². The second-order valence-electron chi connectivity index (χ2n) is 3.52. The molecule has 0 aliphatic heterocycles. The lowest BCUT2D eigenvalue weighted by molar-refractivity contribution is -0.174. The number of aldehydes is 1. The summed E-state index contributed by atoms with van der Waals surface area (Å²) in [6, 6.07) is 0. The molecule has 1 rings (SSSR count). The van der Waals surface area contributed by atoms with Gasteiger partial charge in [0.15, 0.2) is 5.60 Å². The van der Waals surface area contributed by atoms with Crippen LogP contribution in [0, 0.1) is 0 Å². The molecule has 0 bridgehead atoms. The summed E-state index contributed by atoms with van der Waals surface area (Å²) in [6.45, 7) is -0.0326. The molecule has 0 heterocycles. The van der Waals surface area contributed by atoms with Crippen molar-refractivity contribution in [3.8, 4) is 0 Å². The minimum absolute atomic E-state index is 0.0326. The first-order chi connectivity index (χ1) is 6.75. The zero-order chi connectivity index (χ0) is 10.4. The Kier molecular flexibility index (Phi) is 4.07.